The van der Waals surface area contributed by atoms with Gasteiger partial charge in [0.2, 0.25) is 5.91 Å². The molecule has 0 aliphatic rings. The molecule has 0 bridgehead atoms. The molecule has 0 saturated carbocycles. The quantitative estimate of drug-likeness (QED) is 0.575. The topological polar surface area (TPSA) is 58.6 Å². The van der Waals surface area contributed by atoms with Gasteiger partial charge in [0.1, 0.15) is 5.75 Å². The minimum Gasteiger partial charge on any atom is -0.497 e. The maximum absolute atomic E-state index is 12.2. The second-order valence-electron chi connectivity index (χ2n) is 7.22. The molecular weight excluding hydrogens is 364 g/mol. The summed E-state index contributed by atoms with van der Waals surface area (Å²) in [6, 6.07) is 19.4. The van der Waals surface area contributed by atoms with Gasteiger partial charge in [-0.25, -0.2) is 0 Å². The fraction of sp³-hybridized carbons (Fsp3) is 0.250. The Bertz CT molecular complexity index is 1010. The summed E-state index contributed by atoms with van der Waals surface area (Å²) in [6.45, 7) is 2.94. The summed E-state index contributed by atoms with van der Waals surface area (Å²) >= 11 is 0. The molecule has 1 N–H and O–H groups in total. The molecule has 0 fully saturated rings. The summed E-state index contributed by atoms with van der Waals surface area (Å²) in [5.74, 6) is 0.819. The van der Waals surface area contributed by atoms with Gasteiger partial charge >= 0.3 is 0 Å². The molecule has 3 aromatic rings. The van der Waals surface area contributed by atoms with E-state index in [1.165, 1.54) is 17.9 Å². The average molecular weight is 390 g/mol. The summed E-state index contributed by atoms with van der Waals surface area (Å²) in [5, 5.41) is 5.19. The van der Waals surface area contributed by atoms with Gasteiger partial charge in [0, 0.05) is 30.8 Å². The number of benzene rings is 3. The smallest absolute Gasteiger partial charge is 0.225 e. The Hall–Kier alpha value is -3.18. The lowest BCUT2D eigenvalue weighted by Crippen LogP contribution is -2.24. The number of amides is 1. The lowest BCUT2D eigenvalue weighted by atomic mass is 10.1. The van der Waals surface area contributed by atoms with Crippen LogP contribution in [0.5, 0.6) is 5.75 Å². The van der Waals surface area contributed by atoms with E-state index in [1.54, 1.807) is 31.4 Å². The van der Waals surface area contributed by atoms with Gasteiger partial charge in [-0.05, 0) is 72.8 Å². The van der Waals surface area contributed by atoms with E-state index in [-0.39, 0.29) is 11.7 Å². The zero-order valence-electron chi connectivity index (χ0n) is 17.1. The highest BCUT2D eigenvalue weighted by molar-refractivity contribution is 5.95. The predicted octanol–water partition coefficient (Wildman–Crippen LogP) is 4.51. The SMILES string of the molecule is COc1ccc2cc(CN(C)CCC(=O)Nc3ccc(C(C)=O)cc3)ccc2c1. The first-order valence-corrected chi connectivity index (χ1v) is 9.60. The molecule has 0 aliphatic heterocycles. The molecule has 0 aliphatic carbocycles. The summed E-state index contributed by atoms with van der Waals surface area (Å²) in [7, 11) is 3.68. The van der Waals surface area contributed by atoms with E-state index in [2.05, 4.69) is 34.5 Å². The van der Waals surface area contributed by atoms with Crippen molar-refractivity contribution in [2.75, 3.05) is 26.0 Å². The van der Waals surface area contributed by atoms with Crippen molar-refractivity contribution in [3.63, 3.8) is 0 Å². The van der Waals surface area contributed by atoms with Crippen molar-refractivity contribution in [1.82, 2.24) is 4.90 Å². The van der Waals surface area contributed by atoms with Gasteiger partial charge in [-0.2, -0.15) is 0 Å². The van der Waals surface area contributed by atoms with Crippen LogP contribution in [0.2, 0.25) is 0 Å². The average Bonchev–Trinajstić information content (AvgIpc) is 2.72. The predicted molar refractivity (Wildman–Crippen MR) is 117 cm³/mol. The number of carbonyl (C=O) groups excluding carboxylic acids is 2. The number of fused-ring (bicyclic) bond motifs is 1. The highest BCUT2D eigenvalue weighted by atomic mass is 16.5. The highest BCUT2D eigenvalue weighted by Gasteiger charge is 2.07. The Balaban J connectivity index is 1.51. The molecule has 3 aromatic carbocycles. The lowest BCUT2D eigenvalue weighted by Gasteiger charge is -2.17. The molecule has 3 rings (SSSR count). The monoisotopic (exact) mass is 390 g/mol. The first-order chi connectivity index (χ1) is 13.9. The number of anilines is 1. The first-order valence-electron chi connectivity index (χ1n) is 9.60. The van der Waals surface area contributed by atoms with E-state index in [1.807, 2.05) is 19.2 Å². The standard InChI is InChI=1S/C24H26N2O3/c1-17(27)19-6-9-22(10-7-19)25-24(28)12-13-26(2)16-18-4-5-21-15-23(29-3)11-8-20(21)14-18/h4-11,14-15H,12-13,16H2,1-3H3,(H,25,28). The molecular formula is C24H26N2O3. The number of hydrogen-bond acceptors (Lipinski definition) is 4. The van der Waals surface area contributed by atoms with Crippen LogP contribution in [0.15, 0.2) is 60.7 Å². The second-order valence-corrected chi connectivity index (χ2v) is 7.22. The summed E-state index contributed by atoms with van der Waals surface area (Å²) in [6.07, 6.45) is 0.399. The van der Waals surface area contributed by atoms with Crippen molar-refractivity contribution < 1.29 is 14.3 Å². The Morgan fingerprint density at radius 3 is 2.34 bits per heavy atom. The number of nitrogens with one attached hydrogen (secondary N) is 1. The third-order valence-corrected chi connectivity index (χ3v) is 4.86. The fourth-order valence-electron chi connectivity index (χ4n) is 3.19. The molecule has 0 spiro atoms. The Morgan fingerprint density at radius 1 is 0.966 bits per heavy atom. The van der Waals surface area contributed by atoms with E-state index >= 15 is 0 Å². The van der Waals surface area contributed by atoms with Crippen LogP contribution in [0.3, 0.4) is 0 Å². The normalized spacial score (nSPS) is 10.9. The van der Waals surface area contributed by atoms with Crippen LogP contribution in [-0.4, -0.2) is 37.3 Å². The minimum absolute atomic E-state index is 0.0114. The molecule has 150 valence electrons. The highest BCUT2D eigenvalue weighted by Crippen LogP contribution is 2.22. The molecule has 29 heavy (non-hydrogen) atoms. The van der Waals surface area contributed by atoms with Crippen LogP contribution in [0, 0.1) is 0 Å². The largest absolute Gasteiger partial charge is 0.497 e. The fourth-order valence-corrected chi connectivity index (χ4v) is 3.19. The van der Waals surface area contributed by atoms with Gasteiger partial charge in [0.05, 0.1) is 7.11 Å². The van der Waals surface area contributed by atoms with Crippen LogP contribution in [0.1, 0.15) is 29.3 Å². The number of methoxy groups -OCH3 is 1. The van der Waals surface area contributed by atoms with Crippen molar-refractivity contribution in [2.24, 2.45) is 0 Å². The zero-order valence-corrected chi connectivity index (χ0v) is 17.1. The van der Waals surface area contributed by atoms with Crippen molar-refractivity contribution in [3.8, 4) is 5.75 Å². The van der Waals surface area contributed by atoms with Crippen molar-refractivity contribution >= 4 is 28.2 Å². The molecule has 0 radical (unpaired) electrons. The number of hydrogen-bond donors (Lipinski definition) is 1. The molecule has 5 heteroatoms. The third kappa shape index (κ3) is 5.65. The minimum atomic E-state index is -0.0435. The number of carbonyl (C=O) groups is 2. The second kappa shape index (κ2) is 9.34. The van der Waals surface area contributed by atoms with Gasteiger partial charge in [0.25, 0.3) is 0 Å². The molecule has 1 amide bonds. The maximum Gasteiger partial charge on any atom is 0.225 e. The van der Waals surface area contributed by atoms with Gasteiger partial charge in [-0.3, -0.25) is 9.59 Å². The summed E-state index contributed by atoms with van der Waals surface area (Å²) < 4.78 is 5.27. The van der Waals surface area contributed by atoms with Crippen molar-refractivity contribution in [2.45, 2.75) is 19.9 Å². The molecule has 0 heterocycles. The number of ether oxygens (including phenoxy) is 1. The van der Waals surface area contributed by atoms with Crippen LogP contribution >= 0.6 is 0 Å². The van der Waals surface area contributed by atoms with Gasteiger partial charge < -0.3 is 15.0 Å². The Kier molecular flexibility index (Phi) is 6.62. The Morgan fingerprint density at radius 2 is 1.66 bits per heavy atom. The van der Waals surface area contributed by atoms with Crippen LogP contribution in [-0.2, 0) is 11.3 Å². The van der Waals surface area contributed by atoms with Gasteiger partial charge in [0.15, 0.2) is 5.78 Å². The van der Waals surface area contributed by atoms with Gasteiger partial charge in [-0.15, -0.1) is 0 Å². The van der Waals surface area contributed by atoms with Crippen LogP contribution < -0.4 is 10.1 Å². The number of rotatable bonds is 8. The third-order valence-electron chi connectivity index (χ3n) is 4.86. The van der Waals surface area contributed by atoms with E-state index in [4.69, 9.17) is 4.74 Å². The van der Waals surface area contributed by atoms with E-state index in [0.29, 0.717) is 24.2 Å². The maximum atomic E-state index is 12.2. The van der Waals surface area contributed by atoms with Crippen molar-refractivity contribution in [3.05, 3.63) is 71.8 Å². The molecule has 5 nitrogen and oxygen atoms in total. The number of ketones is 1. The molecule has 0 saturated heterocycles. The lowest BCUT2D eigenvalue weighted by molar-refractivity contribution is -0.116. The Labute approximate surface area is 171 Å². The van der Waals surface area contributed by atoms with E-state index < -0.39 is 0 Å². The summed E-state index contributed by atoms with van der Waals surface area (Å²) in [4.78, 5) is 25.6. The van der Waals surface area contributed by atoms with Crippen molar-refractivity contribution in [1.29, 1.82) is 0 Å². The summed E-state index contributed by atoms with van der Waals surface area (Å²) in [5.41, 5.74) is 2.54. The molecule has 0 unspecified atom stereocenters. The van der Waals surface area contributed by atoms with Gasteiger partial charge in [-0.1, -0.05) is 18.2 Å². The molecule has 0 atom stereocenters. The van der Waals surface area contributed by atoms with E-state index in [0.717, 1.165) is 17.7 Å². The van der Waals surface area contributed by atoms with Crippen LogP contribution in [0.4, 0.5) is 5.69 Å². The molecule has 0 aromatic heterocycles. The zero-order chi connectivity index (χ0) is 20.8. The van der Waals surface area contributed by atoms with Crippen LogP contribution in [0.25, 0.3) is 10.8 Å². The first kappa shape index (κ1) is 20.6. The van der Waals surface area contributed by atoms with E-state index in [9.17, 15) is 9.59 Å². The number of nitrogens with zero attached hydrogens (tertiary/aromatic N) is 1. The number of Topliss-reactive ketones (excluding diaryl/α,β-unsaturated/α-hetero) is 1.